The van der Waals surface area contributed by atoms with Crippen molar-refractivity contribution < 1.29 is 8.78 Å². The average Bonchev–Trinajstić information content (AvgIpc) is 3.38. The molecule has 0 bridgehead atoms. The van der Waals surface area contributed by atoms with Crippen molar-refractivity contribution in [1.82, 2.24) is 23.8 Å². The Morgan fingerprint density at radius 1 is 1.15 bits per heavy atom. The molecule has 0 unspecified atom stereocenters. The standard InChI is InChI=1S/C16H21F2N3O.C8H9N3/c1-20-12-7-6-11(9-13(12)21(2)15(20)22)10-19-14-5-3-4-8-16(14,17)18;9-6-7-2-1-4-11-5-3-10-8(7)11/h6-7,9,14,19H,3-5,8,10H2,1-2H3;1-5H,6,9H2/t14-;/m1./s1. The van der Waals surface area contributed by atoms with E-state index in [1.54, 1.807) is 29.4 Å². The monoisotopic (exact) mass is 456 g/mol. The van der Waals surface area contributed by atoms with E-state index >= 15 is 0 Å². The summed E-state index contributed by atoms with van der Waals surface area (Å²) < 4.78 is 32.8. The molecule has 176 valence electrons. The lowest BCUT2D eigenvalue weighted by Gasteiger charge is -2.32. The van der Waals surface area contributed by atoms with Crippen LogP contribution in [0.15, 0.2) is 53.7 Å². The summed E-state index contributed by atoms with van der Waals surface area (Å²) in [6.07, 6.45) is 7.57. The van der Waals surface area contributed by atoms with E-state index in [1.165, 1.54) is 0 Å². The molecule has 3 N–H and O–H groups in total. The molecule has 1 fully saturated rings. The molecule has 0 spiro atoms. The van der Waals surface area contributed by atoms with Gasteiger partial charge >= 0.3 is 5.69 Å². The maximum absolute atomic E-state index is 13.8. The maximum atomic E-state index is 13.8. The highest BCUT2D eigenvalue weighted by atomic mass is 19.3. The molecule has 0 radical (unpaired) electrons. The summed E-state index contributed by atoms with van der Waals surface area (Å²) in [6, 6.07) is 8.85. The van der Waals surface area contributed by atoms with E-state index in [4.69, 9.17) is 5.73 Å². The van der Waals surface area contributed by atoms with Gasteiger partial charge in [-0.3, -0.25) is 9.13 Å². The van der Waals surface area contributed by atoms with Crippen molar-refractivity contribution in [3.63, 3.8) is 0 Å². The van der Waals surface area contributed by atoms with Crippen LogP contribution in [0.4, 0.5) is 8.78 Å². The maximum Gasteiger partial charge on any atom is 0.328 e. The van der Waals surface area contributed by atoms with Crippen LogP contribution in [-0.2, 0) is 27.2 Å². The second kappa shape index (κ2) is 9.44. The number of halogens is 2. The number of nitrogens with zero attached hydrogens (tertiary/aromatic N) is 4. The highest BCUT2D eigenvalue weighted by Gasteiger charge is 2.40. The lowest BCUT2D eigenvalue weighted by Crippen LogP contribution is -2.46. The van der Waals surface area contributed by atoms with Crippen LogP contribution in [0.5, 0.6) is 0 Å². The highest BCUT2D eigenvalue weighted by molar-refractivity contribution is 5.76. The Morgan fingerprint density at radius 3 is 2.70 bits per heavy atom. The van der Waals surface area contributed by atoms with Gasteiger partial charge in [0.2, 0.25) is 0 Å². The van der Waals surface area contributed by atoms with Gasteiger partial charge in [-0.25, -0.2) is 18.6 Å². The molecule has 9 heteroatoms. The van der Waals surface area contributed by atoms with Crippen molar-refractivity contribution in [3.8, 4) is 0 Å². The van der Waals surface area contributed by atoms with Gasteiger partial charge in [0.15, 0.2) is 0 Å². The fourth-order valence-electron chi connectivity index (χ4n) is 4.42. The number of nitrogens with one attached hydrogen (secondary N) is 1. The van der Waals surface area contributed by atoms with Crippen molar-refractivity contribution in [1.29, 1.82) is 0 Å². The zero-order valence-corrected chi connectivity index (χ0v) is 19.0. The molecule has 1 saturated carbocycles. The third-order valence-corrected chi connectivity index (χ3v) is 6.37. The van der Waals surface area contributed by atoms with Gasteiger partial charge in [-0.1, -0.05) is 18.6 Å². The predicted molar refractivity (Wildman–Crippen MR) is 125 cm³/mol. The minimum Gasteiger partial charge on any atom is -0.326 e. The van der Waals surface area contributed by atoms with Gasteiger partial charge in [0, 0.05) is 57.8 Å². The largest absolute Gasteiger partial charge is 0.328 e. The molecule has 1 aromatic carbocycles. The smallest absolute Gasteiger partial charge is 0.326 e. The first-order valence-corrected chi connectivity index (χ1v) is 11.2. The molecule has 0 saturated heterocycles. The number of fused-ring (bicyclic) bond motifs is 2. The topological polar surface area (TPSA) is 82.3 Å². The van der Waals surface area contributed by atoms with E-state index in [0.29, 0.717) is 25.9 Å². The average molecular weight is 457 g/mol. The number of nitrogens with two attached hydrogens (primary N) is 1. The van der Waals surface area contributed by atoms with E-state index in [1.807, 2.05) is 47.1 Å². The molecule has 0 amide bonds. The van der Waals surface area contributed by atoms with E-state index in [0.717, 1.165) is 34.2 Å². The number of hydrogen-bond donors (Lipinski definition) is 2. The highest BCUT2D eigenvalue weighted by Crippen LogP contribution is 2.33. The van der Waals surface area contributed by atoms with Crippen LogP contribution in [0.3, 0.4) is 0 Å². The fourth-order valence-corrected chi connectivity index (χ4v) is 4.42. The Labute approximate surface area is 190 Å². The van der Waals surface area contributed by atoms with Crippen molar-refractivity contribution in [2.75, 3.05) is 0 Å². The van der Waals surface area contributed by atoms with Gasteiger partial charge < -0.3 is 15.5 Å². The van der Waals surface area contributed by atoms with E-state index < -0.39 is 12.0 Å². The van der Waals surface area contributed by atoms with Crippen molar-refractivity contribution in [3.05, 3.63) is 70.5 Å². The predicted octanol–water partition coefficient (Wildman–Crippen LogP) is 3.34. The number of alkyl halides is 2. The minimum atomic E-state index is -2.62. The number of hydrogen-bond acceptors (Lipinski definition) is 4. The number of rotatable bonds is 4. The van der Waals surface area contributed by atoms with E-state index in [2.05, 4.69) is 10.3 Å². The first-order valence-electron chi connectivity index (χ1n) is 11.2. The van der Waals surface area contributed by atoms with E-state index in [9.17, 15) is 13.6 Å². The Bertz CT molecular complexity index is 1310. The molecular weight excluding hydrogens is 426 g/mol. The lowest BCUT2D eigenvalue weighted by atomic mass is 9.91. The van der Waals surface area contributed by atoms with Crippen LogP contribution in [0.2, 0.25) is 0 Å². The lowest BCUT2D eigenvalue weighted by molar-refractivity contribution is -0.0640. The molecule has 5 rings (SSSR count). The van der Waals surface area contributed by atoms with Gasteiger partial charge in [0.1, 0.15) is 5.65 Å². The molecule has 4 aromatic rings. The van der Waals surface area contributed by atoms with Crippen LogP contribution >= 0.6 is 0 Å². The summed E-state index contributed by atoms with van der Waals surface area (Å²) in [6.45, 7) is 0.931. The number of benzene rings is 1. The SMILES string of the molecule is Cn1c(=O)n(C)c2cc(CN[C@@H]3CCCCC3(F)F)ccc21.NCc1cccn2ccnc12. The first kappa shape index (κ1) is 23.1. The summed E-state index contributed by atoms with van der Waals surface area (Å²) in [4.78, 5) is 16.1. The summed E-state index contributed by atoms with van der Waals surface area (Å²) in [7, 11) is 3.45. The molecule has 0 aliphatic heterocycles. The number of aromatic nitrogens is 4. The molecule has 1 atom stereocenters. The second-order valence-corrected chi connectivity index (χ2v) is 8.56. The zero-order chi connectivity index (χ0) is 23.6. The van der Waals surface area contributed by atoms with Gasteiger partial charge in [0.25, 0.3) is 5.92 Å². The van der Waals surface area contributed by atoms with Crippen molar-refractivity contribution in [2.45, 2.75) is 50.7 Å². The quantitative estimate of drug-likeness (QED) is 0.494. The fraction of sp³-hybridized carbons (Fsp3) is 0.417. The van der Waals surface area contributed by atoms with Crippen LogP contribution in [-0.4, -0.2) is 30.5 Å². The molecule has 1 aliphatic carbocycles. The van der Waals surface area contributed by atoms with Crippen LogP contribution in [0.1, 0.15) is 36.8 Å². The third kappa shape index (κ3) is 4.69. The Morgan fingerprint density at radius 2 is 1.94 bits per heavy atom. The summed E-state index contributed by atoms with van der Waals surface area (Å²) in [5.74, 6) is -2.62. The van der Waals surface area contributed by atoms with Crippen molar-refractivity contribution >= 4 is 16.7 Å². The van der Waals surface area contributed by atoms with Gasteiger partial charge in [-0.05, 0) is 36.6 Å². The van der Waals surface area contributed by atoms with Crippen LogP contribution in [0, 0.1) is 0 Å². The number of aryl methyl sites for hydroxylation is 2. The molecule has 7 nitrogen and oxygen atoms in total. The summed E-state index contributed by atoms with van der Waals surface area (Å²) in [5, 5.41) is 2.99. The summed E-state index contributed by atoms with van der Waals surface area (Å²) in [5.41, 5.74) is 10.1. The molecule has 3 aromatic heterocycles. The third-order valence-electron chi connectivity index (χ3n) is 6.37. The molecular formula is C24H30F2N6O. The first-order chi connectivity index (χ1) is 15.8. The molecule has 3 heterocycles. The normalized spacial score (nSPS) is 17.8. The minimum absolute atomic E-state index is 0.0309. The Kier molecular flexibility index (Phi) is 6.62. The van der Waals surface area contributed by atoms with Gasteiger partial charge in [-0.15, -0.1) is 0 Å². The molecule has 33 heavy (non-hydrogen) atoms. The second-order valence-electron chi connectivity index (χ2n) is 8.56. The van der Waals surface area contributed by atoms with Crippen LogP contribution < -0.4 is 16.7 Å². The van der Waals surface area contributed by atoms with Gasteiger partial charge in [0.05, 0.1) is 17.1 Å². The Hall–Kier alpha value is -3.04. The van der Waals surface area contributed by atoms with Gasteiger partial charge in [-0.2, -0.15) is 0 Å². The van der Waals surface area contributed by atoms with Crippen LogP contribution in [0.25, 0.3) is 16.7 Å². The number of imidazole rings is 2. The number of pyridine rings is 1. The summed E-state index contributed by atoms with van der Waals surface area (Å²) >= 11 is 0. The van der Waals surface area contributed by atoms with E-state index in [-0.39, 0.29) is 12.1 Å². The molecule has 1 aliphatic rings. The zero-order valence-electron chi connectivity index (χ0n) is 19.0. The van der Waals surface area contributed by atoms with Crippen molar-refractivity contribution in [2.24, 2.45) is 19.8 Å². The Balaban J connectivity index is 0.000000196.